The Bertz CT molecular complexity index is 595. The highest BCUT2D eigenvalue weighted by atomic mass is 35.5. The van der Waals surface area contributed by atoms with Crippen LogP contribution in [-0.4, -0.2) is 7.05 Å². The molecule has 2 aromatic rings. The van der Waals surface area contributed by atoms with Gasteiger partial charge in [0.15, 0.2) is 0 Å². The minimum Gasteiger partial charge on any atom is -0.344 e. The van der Waals surface area contributed by atoms with E-state index in [2.05, 4.69) is 32.0 Å². The normalized spacial score (nSPS) is 10.6. The Kier molecular flexibility index (Phi) is 4.11. The maximum atomic E-state index is 13.3. The van der Waals surface area contributed by atoms with Crippen LogP contribution in [0.25, 0.3) is 0 Å². The molecule has 0 fully saturated rings. The van der Waals surface area contributed by atoms with E-state index in [4.69, 9.17) is 11.6 Å². The number of nitrogens with zero attached hydrogens (tertiary/aromatic N) is 1. The topological polar surface area (TPSA) is 3.24 Å². The van der Waals surface area contributed by atoms with Crippen LogP contribution in [0, 0.1) is 19.7 Å². The highest BCUT2D eigenvalue weighted by molar-refractivity contribution is 6.17. The Hall–Kier alpha value is -1.54. The summed E-state index contributed by atoms with van der Waals surface area (Å²) >= 11 is 5.91. The van der Waals surface area contributed by atoms with Gasteiger partial charge in [-0.15, -0.1) is 11.6 Å². The molecule has 0 aliphatic rings. The molecule has 0 bridgehead atoms. The minimum absolute atomic E-state index is 0.256. The van der Waals surface area contributed by atoms with E-state index in [9.17, 15) is 4.39 Å². The number of alkyl halides is 1. The molecule has 0 radical (unpaired) electrons. The van der Waals surface area contributed by atoms with E-state index >= 15 is 0 Å². The van der Waals surface area contributed by atoms with Gasteiger partial charge in [-0.1, -0.05) is 17.7 Å². The summed E-state index contributed by atoms with van der Waals surface area (Å²) in [5.74, 6) is 0.0379. The number of anilines is 2. The van der Waals surface area contributed by atoms with Crippen molar-refractivity contribution < 1.29 is 4.39 Å². The molecule has 19 heavy (non-hydrogen) atoms. The van der Waals surface area contributed by atoms with Crippen molar-refractivity contribution in [1.82, 2.24) is 0 Å². The number of aryl methyl sites for hydroxylation is 2. The zero-order valence-corrected chi connectivity index (χ0v) is 12.1. The highest BCUT2D eigenvalue weighted by Crippen LogP contribution is 2.31. The third-order valence-corrected chi connectivity index (χ3v) is 3.55. The monoisotopic (exact) mass is 277 g/mol. The van der Waals surface area contributed by atoms with Crippen molar-refractivity contribution in [2.45, 2.75) is 19.7 Å². The first-order valence-electron chi connectivity index (χ1n) is 6.18. The third kappa shape index (κ3) is 2.90. The van der Waals surface area contributed by atoms with Gasteiger partial charge in [0.1, 0.15) is 5.82 Å². The zero-order chi connectivity index (χ0) is 14.0. The second kappa shape index (κ2) is 5.62. The van der Waals surface area contributed by atoms with E-state index in [1.807, 2.05) is 11.9 Å². The standard InChI is InChI=1S/C16H17ClFN/c1-11-4-6-15(12(2)8-11)19(3)16-7-5-14(18)9-13(16)10-17/h4-9H,10H2,1-3H3. The lowest BCUT2D eigenvalue weighted by Crippen LogP contribution is -2.13. The van der Waals surface area contributed by atoms with Crippen LogP contribution >= 0.6 is 11.6 Å². The fourth-order valence-corrected chi connectivity index (χ4v) is 2.51. The number of hydrogen-bond acceptors (Lipinski definition) is 1. The van der Waals surface area contributed by atoms with E-state index in [0.717, 1.165) is 16.9 Å². The van der Waals surface area contributed by atoms with Crippen LogP contribution in [0.3, 0.4) is 0 Å². The second-order valence-corrected chi connectivity index (χ2v) is 5.02. The average Bonchev–Trinajstić information content (AvgIpc) is 2.37. The molecule has 1 nitrogen and oxygen atoms in total. The third-order valence-electron chi connectivity index (χ3n) is 3.26. The van der Waals surface area contributed by atoms with Crippen molar-refractivity contribution in [2.24, 2.45) is 0 Å². The second-order valence-electron chi connectivity index (χ2n) is 4.76. The van der Waals surface area contributed by atoms with Crippen LogP contribution in [0.1, 0.15) is 16.7 Å². The van der Waals surface area contributed by atoms with Gasteiger partial charge in [-0.05, 0) is 49.2 Å². The van der Waals surface area contributed by atoms with Gasteiger partial charge in [-0.2, -0.15) is 0 Å². The summed E-state index contributed by atoms with van der Waals surface area (Å²) < 4.78 is 13.3. The van der Waals surface area contributed by atoms with E-state index < -0.39 is 0 Å². The molecule has 0 amide bonds. The lowest BCUT2D eigenvalue weighted by atomic mass is 10.1. The van der Waals surface area contributed by atoms with Gasteiger partial charge in [0.05, 0.1) is 0 Å². The summed E-state index contributed by atoms with van der Waals surface area (Å²) in [4.78, 5) is 2.05. The quantitative estimate of drug-likeness (QED) is 0.718. The van der Waals surface area contributed by atoms with Crippen LogP contribution in [-0.2, 0) is 5.88 Å². The molecule has 0 aliphatic carbocycles. The van der Waals surface area contributed by atoms with Gasteiger partial charge >= 0.3 is 0 Å². The van der Waals surface area contributed by atoms with Crippen LogP contribution in [0.2, 0.25) is 0 Å². The largest absolute Gasteiger partial charge is 0.344 e. The summed E-state index contributed by atoms with van der Waals surface area (Å²) in [6, 6.07) is 11.0. The molecule has 0 atom stereocenters. The molecule has 100 valence electrons. The van der Waals surface area contributed by atoms with Crippen molar-refractivity contribution in [3.8, 4) is 0 Å². The van der Waals surface area contributed by atoms with E-state index in [1.54, 1.807) is 6.07 Å². The lowest BCUT2D eigenvalue weighted by Gasteiger charge is -2.24. The predicted octanol–water partition coefficient (Wildman–Crippen LogP) is 4.95. The summed E-state index contributed by atoms with van der Waals surface area (Å²) in [6.07, 6.45) is 0. The molecular weight excluding hydrogens is 261 g/mol. The molecule has 0 aliphatic heterocycles. The predicted molar refractivity (Wildman–Crippen MR) is 79.9 cm³/mol. The Labute approximate surface area is 118 Å². The maximum absolute atomic E-state index is 13.3. The number of benzene rings is 2. The molecule has 0 heterocycles. The van der Waals surface area contributed by atoms with Gasteiger partial charge in [0.25, 0.3) is 0 Å². The molecule has 3 heteroatoms. The molecule has 0 N–H and O–H groups in total. The van der Waals surface area contributed by atoms with Gasteiger partial charge in [-0.3, -0.25) is 0 Å². The van der Waals surface area contributed by atoms with E-state index in [-0.39, 0.29) is 5.82 Å². The van der Waals surface area contributed by atoms with Crippen molar-refractivity contribution in [3.05, 3.63) is 58.9 Å². The van der Waals surface area contributed by atoms with Crippen LogP contribution in [0.15, 0.2) is 36.4 Å². The highest BCUT2D eigenvalue weighted by Gasteiger charge is 2.11. The first kappa shape index (κ1) is 13.9. The first-order chi connectivity index (χ1) is 9.02. The molecule has 2 aromatic carbocycles. The Morgan fingerprint density at radius 3 is 2.37 bits per heavy atom. The summed E-state index contributed by atoms with van der Waals surface area (Å²) in [5.41, 5.74) is 5.25. The number of halogens is 2. The number of hydrogen-bond donors (Lipinski definition) is 0. The van der Waals surface area contributed by atoms with Crippen molar-refractivity contribution >= 4 is 23.0 Å². The minimum atomic E-state index is -0.256. The maximum Gasteiger partial charge on any atom is 0.123 e. The summed E-state index contributed by atoms with van der Waals surface area (Å²) in [7, 11) is 1.97. The van der Waals surface area contributed by atoms with Gasteiger partial charge in [0, 0.05) is 24.3 Å². The summed E-state index contributed by atoms with van der Waals surface area (Å²) in [5, 5.41) is 0. The molecular formula is C16H17ClFN. The molecule has 0 saturated carbocycles. The van der Waals surface area contributed by atoms with Crippen LogP contribution in [0.4, 0.5) is 15.8 Å². The smallest absolute Gasteiger partial charge is 0.123 e. The summed E-state index contributed by atoms with van der Waals surface area (Å²) in [6.45, 7) is 4.14. The van der Waals surface area contributed by atoms with Gasteiger partial charge < -0.3 is 4.90 Å². The fourth-order valence-electron chi connectivity index (χ4n) is 2.30. The molecule has 2 rings (SSSR count). The SMILES string of the molecule is Cc1ccc(N(C)c2ccc(F)cc2CCl)c(C)c1. The lowest BCUT2D eigenvalue weighted by molar-refractivity contribution is 0.626. The zero-order valence-electron chi connectivity index (χ0n) is 11.4. The average molecular weight is 278 g/mol. The number of rotatable bonds is 3. The molecule has 0 spiro atoms. The first-order valence-corrected chi connectivity index (χ1v) is 6.71. The Balaban J connectivity index is 2.46. The van der Waals surface area contributed by atoms with Crippen molar-refractivity contribution in [2.75, 3.05) is 11.9 Å². The molecule has 0 aromatic heterocycles. The molecule has 0 saturated heterocycles. The van der Waals surface area contributed by atoms with Crippen LogP contribution in [0.5, 0.6) is 0 Å². The Morgan fingerprint density at radius 1 is 1.05 bits per heavy atom. The van der Waals surface area contributed by atoms with E-state index in [1.165, 1.54) is 23.3 Å². The van der Waals surface area contributed by atoms with Crippen molar-refractivity contribution in [1.29, 1.82) is 0 Å². The Morgan fingerprint density at radius 2 is 1.74 bits per heavy atom. The van der Waals surface area contributed by atoms with Crippen LogP contribution < -0.4 is 4.90 Å². The van der Waals surface area contributed by atoms with Gasteiger partial charge in [0.2, 0.25) is 0 Å². The molecule has 0 unspecified atom stereocenters. The van der Waals surface area contributed by atoms with Crippen molar-refractivity contribution in [3.63, 3.8) is 0 Å². The fraction of sp³-hybridized carbons (Fsp3) is 0.250. The van der Waals surface area contributed by atoms with Gasteiger partial charge in [-0.25, -0.2) is 4.39 Å². The van der Waals surface area contributed by atoms with E-state index in [0.29, 0.717) is 5.88 Å².